The molecule has 1 heterocycles. The Labute approximate surface area is 175 Å². The number of rotatable bonds is 5. The highest BCUT2D eigenvalue weighted by molar-refractivity contribution is 9.10. The number of nitrogens with one attached hydrogen (secondary N) is 1. The molecule has 0 fully saturated rings. The van der Waals surface area contributed by atoms with E-state index in [0.29, 0.717) is 10.7 Å². The van der Waals surface area contributed by atoms with Gasteiger partial charge in [0.1, 0.15) is 0 Å². The Morgan fingerprint density at radius 1 is 1.07 bits per heavy atom. The minimum absolute atomic E-state index is 0.160. The maximum absolute atomic E-state index is 12.2. The number of anilines is 1. The molecule has 1 amide bonds. The first-order valence-electron chi connectivity index (χ1n) is 8.44. The van der Waals surface area contributed by atoms with E-state index in [2.05, 4.69) is 76.5 Å². The minimum Gasteiger partial charge on any atom is -0.296 e. The molecule has 0 radical (unpaired) electrons. The maximum Gasteiger partial charge on any atom is 0.257 e. The van der Waals surface area contributed by atoms with Crippen LogP contribution in [0.2, 0.25) is 0 Å². The summed E-state index contributed by atoms with van der Waals surface area (Å²) in [7, 11) is 0. The van der Waals surface area contributed by atoms with Gasteiger partial charge in [0.05, 0.1) is 0 Å². The SMILES string of the molecule is CC(C)(C)c1ccc(CSc2nnc(NC(=O)c3ccc(Br)cc3)s2)cc1. The van der Waals surface area contributed by atoms with E-state index in [1.54, 1.807) is 23.9 Å². The summed E-state index contributed by atoms with van der Waals surface area (Å²) in [4.78, 5) is 12.2. The monoisotopic (exact) mass is 461 g/mol. The highest BCUT2D eigenvalue weighted by Crippen LogP contribution is 2.29. The van der Waals surface area contributed by atoms with Crippen molar-refractivity contribution in [1.82, 2.24) is 10.2 Å². The van der Waals surface area contributed by atoms with Crippen molar-refractivity contribution in [2.24, 2.45) is 0 Å². The molecule has 0 aliphatic heterocycles. The number of aromatic nitrogens is 2. The van der Waals surface area contributed by atoms with Crippen LogP contribution in [0, 0.1) is 0 Å². The molecule has 0 bridgehead atoms. The second-order valence-corrected chi connectivity index (χ2v) is 10.2. The molecule has 4 nitrogen and oxygen atoms in total. The van der Waals surface area contributed by atoms with E-state index < -0.39 is 0 Å². The van der Waals surface area contributed by atoms with Gasteiger partial charge in [-0.05, 0) is 40.8 Å². The molecule has 7 heteroatoms. The summed E-state index contributed by atoms with van der Waals surface area (Å²) >= 11 is 6.37. The highest BCUT2D eigenvalue weighted by atomic mass is 79.9. The lowest BCUT2D eigenvalue weighted by molar-refractivity contribution is 0.102. The first-order chi connectivity index (χ1) is 12.8. The molecular formula is C20H20BrN3OS2. The predicted molar refractivity (Wildman–Crippen MR) is 117 cm³/mol. The maximum atomic E-state index is 12.2. The van der Waals surface area contributed by atoms with Crippen LogP contribution in [0.5, 0.6) is 0 Å². The molecule has 0 unspecified atom stereocenters. The zero-order valence-electron chi connectivity index (χ0n) is 15.3. The summed E-state index contributed by atoms with van der Waals surface area (Å²) in [6.07, 6.45) is 0. The number of amides is 1. The van der Waals surface area contributed by atoms with Gasteiger partial charge in [-0.2, -0.15) is 0 Å². The van der Waals surface area contributed by atoms with E-state index in [0.717, 1.165) is 14.6 Å². The van der Waals surface area contributed by atoms with Gasteiger partial charge in [-0.3, -0.25) is 10.1 Å². The zero-order valence-corrected chi connectivity index (χ0v) is 18.5. The van der Waals surface area contributed by atoms with Gasteiger partial charge in [0.2, 0.25) is 5.13 Å². The summed E-state index contributed by atoms with van der Waals surface area (Å²) in [5.74, 6) is 0.632. The van der Waals surface area contributed by atoms with Gasteiger partial charge in [-0.25, -0.2) is 0 Å². The summed E-state index contributed by atoms with van der Waals surface area (Å²) in [6.45, 7) is 6.63. The zero-order chi connectivity index (χ0) is 19.4. The molecular weight excluding hydrogens is 442 g/mol. The lowest BCUT2D eigenvalue weighted by atomic mass is 9.87. The summed E-state index contributed by atoms with van der Waals surface area (Å²) in [5.41, 5.74) is 3.31. The number of nitrogens with zero attached hydrogens (tertiary/aromatic N) is 2. The van der Waals surface area contributed by atoms with Crippen molar-refractivity contribution in [2.45, 2.75) is 36.3 Å². The third-order valence-corrected chi connectivity index (χ3v) is 6.49. The molecule has 0 saturated heterocycles. The fraction of sp³-hybridized carbons (Fsp3) is 0.250. The van der Waals surface area contributed by atoms with Crippen LogP contribution in [0.4, 0.5) is 5.13 Å². The Balaban J connectivity index is 1.56. The molecule has 3 aromatic rings. The fourth-order valence-corrected chi connectivity index (χ4v) is 4.30. The molecule has 0 aliphatic carbocycles. The van der Waals surface area contributed by atoms with Crippen LogP contribution < -0.4 is 5.32 Å². The molecule has 140 valence electrons. The number of carbonyl (C=O) groups is 1. The van der Waals surface area contributed by atoms with E-state index in [-0.39, 0.29) is 11.3 Å². The molecule has 3 rings (SSSR count). The lowest BCUT2D eigenvalue weighted by Crippen LogP contribution is -2.11. The second kappa shape index (κ2) is 8.54. The number of hydrogen-bond donors (Lipinski definition) is 1. The summed E-state index contributed by atoms with van der Waals surface area (Å²) in [6, 6.07) is 15.9. The van der Waals surface area contributed by atoms with Crippen LogP contribution in [0.3, 0.4) is 0 Å². The van der Waals surface area contributed by atoms with Crippen molar-refractivity contribution in [3.8, 4) is 0 Å². The Hall–Kier alpha value is -1.70. The molecule has 0 saturated carbocycles. The van der Waals surface area contributed by atoms with Gasteiger partial charge in [-0.1, -0.05) is 84.1 Å². The average molecular weight is 462 g/mol. The van der Waals surface area contributed by atoms with Gasteiger partial charge < -0.3 is 0 Å². The smallest absolute Gasteiger partial charge is 0.257 e. The number of benzene rings is 2. The number of thioether (sulfide) groups is 1. The van der Waals surface area contributed by atoms with Crippen molar-refractivity contribution in [1.29, 1.82) is 0 Å². The largest absolute Gasteiger partial charge is 0.296 e. The molecule has 0 aliphatic rings. The third kappa shape index (κ3) is 5.64. The van der Waals surface area contributed by atoms with E-state index in [1.807, 2.05) is 12.1 Å². The van der Waals surface area contributed by atoms with Crippen LogP contribution >= 0.6 is 39.0 Å². The third-order valence-electron chi connectivity index (χ3n) is 3.92. The van der Waals surface area contributed by atoms with E-state index >= 15 is 0 Å². The lowest BCUT2D eigenvalue weighted by Gasteiger charge is -2.19. The standard InChI is InChI=1S/C20H20BrN3OS2/c1-20(2,3)15-8-4-13(5-9-15)12-26-19-24-23-18(27-19)22-17(25)14-6-10-16(21)11-7-14/h4-11H,12H2,1-3H3,(H,22,23,25). The molecule has 0 spiro atoms. The minimum atomic E-state index is -0.187. The number of carbonyl (C=O) groups excluding carboxylic acids is 1. The Kier molecular flexibility index (Phi) is 6.34. The molecule has 2 aromatic carbocycles. The highest BCUT2D eigenvalue weighted by Gasteiger charge is 2.13. The number of halogens is 1. The van der Waals surface area contributed by atoms with Crippen LogP contribution in [0.15, 0.2) is 57.3 Å². The predicted octanol–water partition coefficient (Wildman–Crippen LogP) is 6.14. The van der Waals surface area contributed by atoms with Gasteiger partial charge in [0.15, 0.2) is 4.34 Å². The van der Waals surface area contributed by atoms with Crippen molar-refractivity contribution in [3.63, 3.8) is 0 Å². The molecule has 1 aromatic heterocycles. The quantitative estimate of drug-likeness (QED) is 0.365. The van der Waals surface area contributed by atoms with Crippen molar-refractivity contribution in [3.05, 3.63) is 69.7 Å². The molecule has 27 heavy (non-hydrogen) atoms. The number of hydrogen-bond acceptors (Lipinski definition) is 5. The Bertz CT molecular complexity index is 916. The Morgan fingerprint density at radius 2 is 1.74 bits per heavy atom. The van der Waals surface area contributed by atoms with E-state index in [1.165, 1.54) is 22.5 Å². The van der Waals surface area contributed by atoms with Crippen molar-refractivity contribution >= 4 is 50.1 Å². The molecule has 1 N–H and O–H groups in total. The van der Waals surface area contributed by atoms with Crippen LogP contribution in [-0.4, -0.2) is 16.1 Å². The fourth-order valence-electron chi connectivity index (χ4n) is 2.34. The summed E-state index contributed by atoms with van der Waals surface area (Å²) < 4.78 is 1.77. The second-order valence-electron chi connectivity index (χ2n) is 7.07. The van der Waals surface area contributed by atoms with E-state index in [4.69, 9.17) is 0 Å². The summed E-state index contributed by atoms with van der Waals surface area (Å²) in [5, 5.41) is 11.5. The van der Waals surface area contributed by atoms with Crippen LogP contribution in [0.25, 0.3) is 0 Å². The van der Waals surface area contributed by atoms with Gasteiger partial charge in [0, 0.05) is 15.8 Å². The first-order valence-corrected chi connectivity index (χ1v) is 11.0. The van der Waals surface area contributed by atoms with Crippen LogP contribution in [0.1, 0.15) is 42.3 Å². The van der Waals surface area contributed by atoms with Crippen molar-refractivity contribution < 1.29 is 4.79 Å². The van der Waals surface area contributed by atoms with Gasteiger partial charge in [0.25, 0.3) is 5.91 Å². The molecule has 0 atom stereocenters. The van der Waals surface area contributed by atoms with E-state index in [9.17, 15) is 4.79 Å². The normalized spacial score (nSPS) is 11.4. The average Bonchev–Trinajstić information content (AvgIpc) is 3.07. The van der Waals surface area contributed by atoms with Gasteiger partial charge >= 0.3 is 0 Å². The topological polar surface area (TPSA) is 54.9 Å². The first kappa shape index (κ1) is 20.0. The Morgan fingerprint density at radius 3 is 2.37 bits per heavy atom. The van der Waals surface area contributed by atoms with Crippen LogP contribution in [-0.2, 0) is 11.2 Å². The van der Waals surface area contributed by atoms with Gasteiger partial charge in [-0.15, -0.1) is 10.2 Å². The van der Waals surface area contributed by atoms with Crippen molar-refractivity contribution in [2.75, 3.05) is 5.32 Å².